The van der Waals surface area contributed by atoms with Gasteiger partial charge in [-0.3, -0.25) is 4.79 Å². The number of aryl methyl sites for hydroxylation is 2. The summed E-state index contributed by atoms with van der Waals surface area (Å²) in [4.78, 5) is 11.1. The van der Waals surface area contributed by atoms with Crippen LogP contribution in [0.3, 0.4) is 0 Å². The van der Waals surface area contributed by atoms with Crippen molar-refractivity contribution in [3.8, 4) is 0 Å². The number of hydrogen-bond acceptors (Lipinski definition) is 3. The Morgan fingerprint density at radius 2 is 2.10 bits per heavy atom. The molecule has 112 valence electrons. The molecule has 0 saturated carbocycles. The predicted molar refractivity (Wildman–Crippen MR) is 78.4 cm³/mol. The molecule has 0 saturated heterocycles. The second-order valence-electron chi connectivity index (χ2n) is 5.14. The molecule has 0 spiro atoms. The summed E-state index contributed by atoms with van der Waals surface area (Å²) in [6.07, 6.45) is 0. The Kier molecular flexibility index (Phi) is 4.43. The Labute approximate surface area is 123 Å². The number of carbonyl (C=O) groups excluding carboxylic acids is 1. The van der Waals surface area contributed by atoms with E-state index in [2.05, 4.69) is 5.32 Å². The highest BCUT2D eigenvalue weighted by Crippen LogP contribution is 2.22. The minimum atomic E-state index is -0.564. The molecule has 1 amide bonds. The van der Waals surface area contributed by atoms with Gasteiger partial charge < -0.3 is 15.5 Å². The summed E-state index contributed by atoms with van der Waals surface area (Å²) in [5.74, 6) is 0.766. The monoisotopic (exact) mass is 290 g/mol. The van der Waals surface area contributed by atoms with Gasteiger partial charge in [0.2, 0.25) is 5.91 Å². The smallest absolute Gasteiger partial charge is 0.248 e. The third kappa shape index (κ3) is 3.49. The maximum Gasteiger partial charge on any atom is 0.248 e. The van der Waals surface area contributed by atoms with Crippen LogP contribution in [-0.2, 0) is 6.54 Å². The number of nitrogens with one attached hydrogen (secondary N) is 1. The highest BCUT2D eigenvalue weighted by molar-refractivity contribution is 5.92. The topological polar surface area (TPSA) is 68.3 Å². The average molecular weight is 290 g/mol. The molecule has 0 aliphatic rings. The van der Waals surface area contributed by atoms with Crippen LogP contribution in [0.25, 0.3) is 0 Å². The molecule has 21 heavy (non-hydrogen) atoms. The van der Waals surface area contributed by atoms with Crippen LogP contribution < -0.4 is 11.1 Å². The van der Waals surface area contributed by atoms with E-state index < -0.39 is 5.91 Å². The summed E-state index contributed by atoms with van der Waals surface area (Å²) in [5.41, 5.74) is 6.96. The van der Waals surface area contributed by atoms with Gasteiger partial charge in [-0.25, -0.2) is 4.39 Å². The van der Waals surface area contributed by atoms with E-state index in [0.717, 1.165) is 17.1 Å². The first-order chi connectivity index (χ1) is 9.88. The zero-order chi connectivity index (χ0) is 15.6. The molecule has 1 heterocycles. The second kappa shape index (κ2) is 6.10. The second-order valence-corrected chi connectivity index (χ2v) is 5.14. The van der Waals surface area contributed by atoms with E-state index in [1.54, 1.807) is 0 Å². The number of benzene rings is 1. The summed E-state index contributed by atoms with van der Waals surface area (Å²) in [6, 6.07) is 6.09. The Morgan fingerprint density at radius 3 is 2.67 bits per heavy atom. The molecule has 0 radical (unpaired) electrons. The van der Waals surface area contributed by atoms with Crippen molar-refractivity contribution < 1.29 is 13.6 Å². The van der Waals surface area contributed by atoms with E-state index in [-0.39, 0.29) is 11.9 Å². The van der Waals surface area contributed by atoms with Crippen LogP contribution in [-0.4, -0.2) is 5.91 Å². The fourth-order valence-electron chi connectivity index (χ4n) is 2.32. The third-order valence-electron chi connectivity index (χ3n) is 3.47. The molecule has 4 nitrogen and oxygen atoms in total. The van der Waals surface area contributed by atoms with E-state index in [9.17, 15) is 9.18 Å². The van der Waals surface area contributed by atoms with Gasteiger partial charge in [-0.2, -0.15) is 0 Å². The molecule has 3 N–H and O–H groups in total. The zero-order valence-corrected chi connectivity index (χ0v) is 12.4. The van der Waals surface area contributed by atoms with Gasteiger partial charge in [-0.15, -0.1) is 0 Å². The Hall–Kier alpha value is -2.14. The van der Waals surface area contributed by atoms with Gasteiger partial charge in [-0.05, 0) is 45.0 Å². The molecule has 2 aromatic rings. The minimum Gasteiger partial charge on any atom is -0.466 e. The fourth-order valence-corrected chi connectivity index (χ4v) is 2.32. The molecular weight excluding hydrogens is 271 g/mol. The van der Waals surface area contributed by atoms with Crippen molar-refractivity contribution in [2.24, 2.45) is 5.73 Å². The predicted octanol–water partition coefficient (Wildman–Crippen LogP) is 2.99. The maximum absolute atomic E-state index is 13.8. The normalized spacial score (nSPS) is 12.4. The van der Waals surface area contributed by atoms with E-state index in [1.165, 1.54) is 18.2 Å². The molecule has 1 unspecified atom stereocenters. The van der Waals surface area contributed by atoms with Gasteiger partial charge in [0, 0.05) is 29.3 Å². The van der Waals surface area contributed by atoms with Crippen LogP contribution in [0.15, 0.2) is 28.7 Å². The van der Waals surface area contributed by atoms with Crippen molar-refractivity contribution >= 4 is 5.91 Å². The lowest BCUT2D eigenvalue weighted by Gasteiger charge is -2.14. The standard InChI is InChI=1S/C16H19FN2O2/c1-9-6-14(11(3)21-9)10(2)19-8-13-7-12(16(18)20)4-5-15(13)17/h4-7,10,19H,8H2,1-3H3,(H2,18,20). The molecule has 1 aromatic carbocycles. The lowest BCUT2D eigenvalue weighted by Crippen LogP contribution is -2.20. The lowest BCUT2D eigenvalue weighted by atomic mass is 10.1. The Morgan fingerprint density at radius 1 is 1.38 bits per heavy atom. The first-order valence-corrected chi connectivity index (χ1v) is 6.77. The molecule has 1 aromatic heterocycles. The van der Waals surface area contributed by atoms with Crippen molar-refractivity contribution in [3.63, 3.8) is 0 Å². The number of hydrogen-bond donors (Lipinski definition) is 2. The molecule has 0 bridgehead atoms. The third-order valence-corrected chi connectivity index (χ3v) is 3.47. The first kappa shape index (κ1) is 15.3. The number of amides is 1. The van der Waals surface area contributed by atoms with Crippen LogP contribution in [0.1, 0.15) is 46.0 Å². The summed E-state index contributed by atoms with van der Waals surface area (Å²) in [6.45, 7) is 6.07. The molecular formula is C16H19FN2O2. The number of furan rings is 1. The number of halogens is 1. The average Bonchev–Trinajstić information content (AvgIpc) is 2.76. The molecule has 0 fully saturated rings. The van der Waals surface area contributed by atoms with E-state index in [4.69, 9.17) is 10.2 Å². The summed E-state index contributed by atoms with van der Waals surface area (Å²) >= 11 is 0. The van der Waals surface area contributed by atoms with Crippen LogP contribution in [0.2, 0.25) is 0 Å². The van der Waals surface area contributed by atoms with Gasteiger partial charge in [-0.1, -0.05) is 0 Å². The Bertz CT molecular complexity index is 664. The summed E-state index contributed by atoms with van der Waals surface area (Å²) < 4.78 is 19.2. The van der Waals surface area contributed by atoms with Crippen LogP contribution >= 0.6 is 0 Å². The van der Waals surface area contributed by atoms with Crippen LogP contribution in [0.4, 0.5) is 4.39 Å². The van der Waals surface area contributed by atoms with E-state index in [0.29, 0.717) is 17.7 Å². The molecule has 5 heteroatoms. The van der Waals surface area contributed by atoms with Gasteiger partial charge in [0.05, 0.1) is 0 Å². The number of nitrogens with two attached hydrogens (primary N) is 1. The van der Waals surface area contributed by atoms with Gasteiger partial charge in [0.25, 0.3) is 0 Å². The quantitative estimate of drug-likeness (QED) is 0.889. The first-order valence-electron chi connectivity index (χ1n) is 6.77. The lowest BCUT2D eigenvalue weighted by molar-refractivity contribution is 0.1000. The minimum absolute atomic E-state index is 0.0130. The highest BCUT2D eigenvalue weighted by atomic mass is 19.1. The molecule has 0 aliphatic heterocycles. The van der Waals surface area contributed by atoms with Crippen LogP contribution in [0, 0.1) is 19.7 Å². The van der Waals surface area contributed by atoms with Gasteiger partial charge in [0.15, 0.2) is 0 Å². The fraction of sp³-hybridized carbons (Fsp3) is 0.312. The van der Waals surface area contributed by atoms with Crippen molar-refractivity contribution in [1.29, 1.82) is 0 Å². The Balaban J connectivity index is 2.11. The number of rotatable bonds is 5. The van der Waals surface area contributed by atoms with Crippen molar-refractivity contribution in [2.75, 3.05) is 0 Å². The largest absolute Gasteiger partial charge is 0.466 e. The molecule has 0 aliphatic carbocycles. The SMILES string of the molecule is Cc1cc(C(C)NCc2cc(C(N)=O)ccc2F)c(C)o1. The van der Waals surface area contributed by atoms with Crippen molar-refractivity contribution in [1.82, 2.24) is 5.32 Å². The number of primary amides is 1. The van der Waals surface area contributed by atoms with Crippen molar-refractivity contribution in [2.45, 2.75) is 33.4 Å². The zero-order valence-electron chi connectivity index (χ0n) is 12.4. The van der Waals surface area contributed by atoms with Crippen molar-refractivity contribution in [3.05, 3.63) is 58.3 Å². The molecule has 2 rings (SSSR count). The van der Waals surface area contributed by atoms with Gasteiger partial charge in [0.1, 0.15) is 17.3 Å². The van der Waals surface area contributed by atoms with E-state index in [1.807, 2.05) is 26.8 Å². The van der Waals surface area contributed by atoms with E-state index >= 15 is 0 Å². The number of carbonyl (C=O) groups is 1. The summed E-state index contributed by atoms with van der Waals surface area (Å²) in [7, 11) is 0. The highest BCUT2D eigenvalue weighted by Gasteiger charge is 2.13. The van der Waals surface area contributed by atoms with Crippen LogP contribution in [0.5, 0.6) is 0 Å². The summed E-state index contributed by atoms with van der Waals surface area (Å²) in [5, 5.41) is 3.22. The molecule has 1 atom stereocenters. The van der Waals surface area contributed by atoms with Gasteiger partial charge >= 0.3 is 0 Å². The maximum atomic E-state index is 13.8.